The van der Waals surface area contributed by atoms with E-state index in [1.54, 1.807) is 6.92 Å². The molecule has 0 aliphatic carbocycles. The van der Waals surface area contributed by atoms with Gasteiger partial charge in [0.25, 0.3) is 0 Å². The Labute approximate surface area is 168 Å². The van der Waals surface area contributed by atoms with Crippen molar-refractivity contribution in [2.75, 3.05) is 11.9 Å². The van der Waals surface area contributed by atoms with E-state index in [1.807, 2.05) is 56.3 Å². The van der Waals surface area contributed by atoms with Crippen LogP contribution in [0.5, 0.6) is 0 Å². The molecule has 28 heavy (non-hydrogen) atoms. The van der Waals surface area contributed by atoms with E-state index in [2.05, 4.69) is 20.6 Å². The molecule has 6 nitrogen and oxygen atoms in total. The lowest BCUT2D eigenvalue weighted by atomic mass is 10.1. The van der Waals surface area contributed by atoms with Crippen molar-refractivity contribution >= 4 is 40.2 Å². The van der Waals surface area contributed by atoms with E-state index in [-0.39, 0.29) is 18.4 Å². The molecule has 2 aromatic carbocycles. The maximum atomic E-state index is 12.4. The van der Waals surface area contributed by atoms with Gasteiger partial charge in [-0.3, -0.25) is 9.59 Å². The van der Waals surface area contributed by atoms with E-state index >= 15 is 0 Å². The number of anilines is 1. The zero-order chi connectivity index (χ0) is 20.1. The van der Waals surface area contributed by atoms with Gasteiger partial charge in [-0.1, -0.05) is 48.2 Å². The Morgan fingerprint density at radius 2 is 1.75 bits per heavy atom. The highest BCUT2D eigenvalue weighted by molar-refractivity contribution is 8.00. The first-order valence-corrected chi connectivity index (χ1v) is 9.84. The maximum Gasteiger partial charge on any atom is 0.243 e. The lowest BCUT2D eigenvalue weighted by Crippen LogP contribution is -2.37. The second-order valence-corrected chi connectivity index (χ2v) is 7.82. The van der Waals surface area contributed by atoms with Gasteiger partial charge < -0.3 is 10.6 Å². The minimum absolute atomic E-state index is 0.0813. The molecule has 3 rings (SSSR count). The number of nitrogens with one attached hydrogen (secondary N) is 2. The average molecular weight is 395 g/mol. The summed E-state index contributed by atoms with van der Waals surface area (Å²) in [6.45, 7) is 5.58. The van der Waals surface area contributed by atoms with E-state index in [4.69, 9.17) is 0 Å². The number of aryl methyl sites for hydroxylation is 2. The molecule has 0 aliphatic rings. The van der Waals surface area contributed by atoms with Crippen LogP contribution in [-0.4, -0.2) is 33.6 Å². The molecular formula is C21H22N4O2S. The van der Waals surface area contributed by atoms with Gasteiger partial charge in [0.15, 0.2) is 0 Å². The van der Waals surface area contributed by atoms with Crippen molar-refractivity contribution in [3.63, 3.8) is 0 Å². The van der Waals surface area contributed by atoms with Gasteiger partial charge in [-0.05, 0) is 38.0 Å². The van der Waals surface area contributed by atoms with Crippen LogP contribution in [0.15, 0.2) is 53.8 Å². The Kier molecular flexibility index (Phi) is 6.26. The fraction of sp³-hybridized carbons (Fsp3) is 0.238. The summed E-state index contributed by atoms with van der Waals surface area (Å²) in [6.07, 6.45) is 1.49. The maximum absolute atomic E-state index is 12.4. The first kappa shape index (κ1) is 19.8. The summed E-state index contributed by atoms with van der Waals surface area (Å²) >= 11 is 1.35. The normalized spacial score (nSPS) is 11.8. The van der Waals surface area contributed by atoms with Crippen molar-refractivity contribution in [2.45, 2.75) is 31.0 Å². The summed E-state index contributed by atoms with van der Waals surface area (Å²) in [4.78, 5) is 33.2. The number of nitrogens with zero attached hydrogens (tertiary/aromatic N) is 2. The Bertz CT molecular complexity index is 997. The summed E-state index contributed by atoms with van der Waals surface area (Å²) in [5.74, 6) is -0.472. The largest absolute Gasteiger partial charge is 0.346 e. The number of rotatable bonds is 6. The zero-order valence-corrected chi connectivity index (χ0v) is 16.8. The summed E-state index contributed by atoms with van der Waals surface area (Å²) in [7, 11) is 0. The van der Waals surface area contributed by atoms with E-state index in [0.29, 0.717) is 0 Å². The summed E-state index contributed by atoms with van der Waals surface area (Å²) in [6, 6.07) is 13.5. The predicted octanol–water partition coefficient (Wildman–Crippen LogP) is 3.48. The molecule has 0 saturated heterocycles. The van der Waals surface area contributed by atoms with Crippen LogP contribution in [0, 0.1) is 13.8 Å². The van der Waals surface area contributed by atoms with Crippen molar-refractivity contribution in [1.82, 2.24) is 15.3 Å². The molecule has 1 atom stereocenters. The lowest BCUT2D eigenvalue weighted by Gasteiger charge is -2.14. The van der Waals surface area contributed by atoms with Crippen LogP contribution in [0.4, 0.5) is 5.69 Å². The first-order valence-electron chi connectivity index (χ1n) is 8.96. The molecule has 1 heterocycles. The minimum atomic E-state index is -0.397. The van der Waals surface area contributed by atoms with Gasteiger partial charge in [0.2, 0.25) is 11.8 Å². The Morgan fingerprint density at radius 3 is 2.50 bits per heavy atom. The van der Waals surface area contributed by atoms with Gasteiger partial charge >= 0.3 is 0 Å². The third-order valence-electron chi connectivity index (χ3n) is 4.33. The van der Waals surface area contributed by atoms with E-state index in [1.165, 1.54) is 18.1 Å². The third kappa shape index (κ3) is 4.67. The number of fused-ring (bicyclic) bond motifs is 1. The van der Waals surface area contributed by atoms with Crippen LogP contribution in [0.25, 0.3) is 10.9 Å². The lowest BCUT2D eigenvalue weighted by molar-refractivity contribution is -0.123. The second kappa shape index (κ2) is 8.84. The van der Waals surface area contributed by atoms with E-state index in [9.17, 15) is 9.59 Å². The molecule has 0 fully saturated rings. The number of benzene rings is 2. The molecule has 0 bridgehead atoms. The van der Waals surface area contributed by atoms with Crippen molar-refractivity contribution in [3.8, 4) is 0 Å². The number of aromatic nitrogens is 2. The van der Waals surface area contributed by atoms with Crippen molar-refractivity contribution in [3.05, 3.63) is 59.9 Å². The fourth-order valence-electron chi connectivity index (χ4n) is 2.80. The Morgan fingerprint density at radius 1 is 1.04 bits per heavy atom. The molecule has 0 aliphatic heterocycles. The van der Waals surface area contributed by atoms with E-state index < -0.39 is 5.25 Å². The number of para-hydroxylation sites is 2. The molecule has 3 aromatic rings. The van der Waals surface area contributed by atoms with Crippen LogP contribution < -0.4 is 10.6 Å². The van der Waals surface area contributed by atoms with Gasteiger partial charge in [0.1, 0.15) is 11.4 Å². The van der Waals surface area contributed by atoms with Crippen molar-refractivity contribution < 1.29 is 9.59 Å². The number of hydrogen-bond acceptors (Lipinski definition) is 5. The van der Waals surface area contributed by atoms with Gasteiger partial charge in [-0.25, -0.2) is 9.97 Å². The molecule has 144 valence electrons. The summed E-state index contributed by atoms with van der Waals surface area (Å²) in [5.41, 5.74) is 3.59. The summed E-state index contributed by atoms with van der Waals surface area (Å²) in [5, 5.41) is 6.81. The monoisotopic (exact) mass is 394 g/mol. The number of amides is 2. The highest BCUT2D eigenvalue weighted by atomic mass is 32.2. The molecule has 0 radical (unpaired) electrons. The third-order valence-corrected chi connectivity index (χ3v) is 5.45. The highest BCUT2D eigenvalue weighted by Crippen LogP contribution is 2.27. The molecule has 2 amide bonds. The van der Waals surface area contributed by atoms with Crippen LogP contribution in [0.2, 0.25) is 0 Å². The minimum Gasteiger partial charge on any atom is -0.346 e. The number of hydrogen-bond donors (Lipinski definition) is 2. The number of carbonyl (C=O) groups excluding carboxylic acids is 2. The molecule has 2 N–H and O–H groups in total. The topological polar surface area (TPSA) is 84.0 Å². The second-order valence-electron chi connectivity index (χ2n) is 6.49. The van der Waals surface area contributed by atoms with Crippen molar-refractivity contribution in [2.24, 2.45) is 0 Å². The average Bonchev–Trinajstić information content (AvgIpc) is 2.69. The van der Waals surface area contributed by atoms with Crippen LogP contribution in [0.1, 0.15) is 18.1 Å². The van der Waals surface area contributed by atoms with Gasteiger partial charge in [0.05, 0.1) is 17.3 Å². The van der Waals surface area contributed by atoms with E-state index in [0.717, 1.165) is 32.7 Å². The fourth-order valence-corrected chi connectivity index (χ4v) is 3.73. The zero-order valence-electron chi connectivity index (χ0n) is 16.0. The smallest absolute Gasteiger partial charge is 0.243 e. The van der Waals surface area contributed by atoms with Gasteiger partial charge in [0, 0.05) is 11.1 Å². The number of carbonyl (C=O) groups is 2. The van der Waals surface area contributed by atoms with Gasteiger partial charge in [-0.2, -0.15) is 0 Å². The van der Waals surface area contributed by atoms with Crippen LogP contribution in [-0.2, 0) is 9.59 Å². The van der Waals surface area contributed by atoms with Crippen LogP contribution in [0.3, 0.4) is 0 Å². The number of thioether (sulfide) groups is 1. The highest BCUT2D eigenvalue weighted by Gasteiger charge is 2.18. The van der Waals surface area contributed by atoms with Crippen molar-refractivity contribution in [1.29, 1.82) is 0 Å². The standard InChI is InChI=1S/C21H22N4O2S/c1-13-7-6-8-14(2)19(13)25-18(26)11-22-20(27)15(3)28-21-16-9-4-5-10-17(16)23-12-24-21/h4-10,12,15H,11H2,1-3H3,(H,22,27)(H,25,26). The molecule has 0 spiro atoms. The Hall–Kier alpha value is -2.93. The van der Waals surface area contributed by atoms with Crippen LogP contribution >= 0.6 is 11.8 Å². The quantitative estimate of drug-likeness (QED) is 0.494. The Balaban J connectivity index is 1.58. The molecule has 1 aromatic heterocycles. The molecule has 1 unspecified atom stereocenters. The molecule has 7 heteroatoms. The SMILES string of the molecule is Cc1cccc(C)c1NC(=O)CNC(=O)C(C)Sc1ncnc2ccccc12. The van der Waals surface area contributed by atoms with Gasteiger partial charge in [-0.15, -0.1) is 0 Å². The first-order chi connectivity index (χ1) is 13.5. The molecule has 0 saturated carbocycles. The predicted molar refractivity (Wildman–Crippen MR) is 112 cm³/mol. The molecular weight excluding hydrogens is 372 g/mol. The summed E-state index contributed by atoms with van der Waals surface area (Å²) < 4.78 is 0.